The molecule has 2 nitrogen and oxygen atoms in total. The number of unbranched alkanes of at least 4 members (excludes halogenated alkanes) is 14. The van der Waals surface area contributed by atoms with E-state index < -0.39 is 0 Å². The highest BCUT2D eigenvalue weighted by atomic mass is 16.5. The van der Waals surface area contributed by atoms with Gasteiger partial charge in [-0.15, -0.1) is 0 Å². The summed E-state index contributed by atoms with van der Waals surface area (Å²) in [6, 6.07) is 0. The van der Waals surface area contributed by atoms with Gasteiger partial charge in [-0.3, -0.25) is 4.79 Å². The summed E-state index contributed by atoms with van der Waals surface area (Å²) in [6.07, 6.45) is 22.7. The Balaban J connectivity index is 3.11. The Morgan fingerprint density at radius 3 is 1.65 bits per heavy atom. The van der Waals surface area contributed by atoms with Crippen LogP contribution in [0.5, 0.6) is 0 Å². The van der Waals surface area contributed by atoms with Crippen molar-refractivity contribution in [3.8, 4) is 0 Å². The average Bonchev–Trinajstić information content (AvgIpc) is 2.61. The third-order valence-corrected chi connectivity index (χ3v) is 5.17. The van der Waals surface area contributed by atoms with Gasteiger partial charge in [0.25, 0.3) is 0 Å². The molecule has 0 aliphatic carbocycles. The maximum atomic E-state index is 11.6. The van der Waals surface area contributed by atoms with Gasteiger partial charge in [-0.25, -0.2) is 0 Å². The molecule has 0 bridgehead atoms. The molecule has 0 saturated heterocycles. The van der Waals surface area contributed by atoms with Crippen LogP contribution in [0.25, 0.3) is 0 Å². The predicted octanol–water partition coefficient (Wildman–Crippen LogP) is 8.23. The van der Waals surface area contributed by atoms with Gasteiger partial charge in [-0.05, 0) is 18.8 Å². The van der Waals surface area contributed by atoms with Crippen LogP contribution in [0.4, 0.5) is 0 Å². The van der Waals surface area contributed by atoms with Gasteiger partial charge in [0.05, 0.1) is 6.61 Å². The molecule has 0 N–H and O–H groups in total. The SMILES string of the molecule is CCCCCCCC(=O)OCCCCCCCCCCCCCC(C)C. The monoisotopic (exact) mass is 368 g/mol. The van der Waals surface area contributed by atoms with E-state index in [4.69, 9.17) is 4.74 Å². The highest BCUT2D eigenvalue weighted by Crippen LogP contribution is 2.14. The Kier molecular flexibility index (Phi) is 20.4. The number of rotatable bonds is 20. The van der Waals surface area contributed by atoms with Crippen LogP contribution in [0, 0.1) is 5.92 Å². The number of carbonyl (C=O) groups excluding carboxylic acids is 1. The molecule has 26 heavy (non-hydrogen) atoms. The van der Waals surface area contributed by atoms with E-state index in [1.165, 1.54) is 96.3 Å². The summed E-state index contributed by atoms with van der Waals surface area (Å²) >= 11 is 0. The Labute approximate surface area is 164 Å². The molecule has 0 aliphatic heterocycles. The van der Waals surface area contributed by atoms with Crippen molar-refractivity contribution in [1.82, 2.24) is 0 Å². The van der Waals surface area contributed by atoms with Gasteiger partial charge in [0, 0.05) is 6.42 Å². The Hall–Kier alpha value is -0.530. The lowest BCUT2D eigenvalue weighted by molar-refractivity contribution is -0.143. The van der Waals surface area contributed by atoms with Crippen molar-refractivity contribution in [2.45, 2.75) is 136 Å². The van der Waals surface area contributed by atoms with Crippen molar-refractivity contribution in [2.75, 3.05) is 6.61 Å². The standard InChI is InChI=1S/C24H48O2/c1-4-5-6-14-18-21-24(25)26-22-19-16-13-11-9-7-8-10-12-15-17-20-23(2)3/h23H,4-22H2,1-3H3. The third kappa shape index (κ3) is 21.5. The Morgan fingerprint density at radius 2 is 1.12 bits per heavy atom. The zero-order chi connectivity index (χ0) is 19.3. The maximum absolute atomic E-state index is 11.6. The van der Waals surface area contributed by atoms with Gasteiger partial charge >= 0.3 is 5.97 Å². The van der Waals surface area contributed by atoms with Crippen LogP contribution in [-0.2, 0) is 9.53 Å². The molecule has 0 rings (SSSR count). The molecule has 0 unspecified atom stereocenters. The molecule has 0 aliphatic rings. The largest absolute Gasteiger partial charge is 0.466 e. The van der Waals surface area contributed by atoms with Crippen molar-refractivity contribution < 1.29 is 9.53 Å². The molecule has 0 amide bonds. The maximum Gasteiger partial charge on any atom is 0.305 e. The van der Waals surface area contributed by atoms with Crippen molar-refractivity contribution in [2.24, 2.45) is 5.92 Å². The van der Waals surface area contributed by atoms with Gasteiger partial charge in [-0.1, -0.05) is 117 Å². The van der Waals surface area contributed by atoms with E-state index in [9.17, 15) is 4.79 Å². The summed E-state index contributed by atoms with van der Waals surface area (Å²) in [5.74, 6) is 0.879. The molecule has 0 spiro atoms. The van der Waals surface area contributed by atoms with Gasteiger partial charge in [0.15, 0.2) is 0 Å². The lowest BCUT2D eigenvalue weighted by atomic mass is 10.0. The first kappa shape index (κ1) is 25.5. The molecular weight excluding hydrogens is 320 g/mol. The molecule has 0 saturated carbocycles. The number of hydrogen-bond donors (Lipinski definition) is 0. The molecule has 2 heteroatoms. The van der Waals surface area contributed by atoms with E-state index in [1.807, 2.05) is 0 Å². The topological polar surface area (TPSA) is 26.3 Å². The van der Waals surface area contributed by atoms with E-state index in [0.29, 0.717) is 13.0 Å². The molecule has 0 aromatic heterocycles. The fourth-order valence-electron chi connectivity index (χ4n) is 3.38. The minimum Gasteiger partial charge on any atom is -0.466 e. The number of ether oxygens (including phenoxy) is 1. The van der Waals surface area contributed by atoms with Gasteiger partial charge in [-0.2, -0.15) is 0 Å². The third-order valence-electron chi connectivity index (χ3n) is 5.17. The summed E-state index contributed by atoms with van der Waals surface area (Å²) < 4.78 is 5.32. The molecule has 0 atom stereocenters. The van der Waals surface area contributed by atoms with Gasteiger partial charge < -0.3 is 4.74 Å². The minimum absolute atomic E-state index is 0.00916. The van der Waals surface area contributed by atoms with Crippen LogP contribution in [0.2, 0.25) is 0 Å². The van der Waals surface area contributed by atoms with Crippen LogP contribution in [0.1, 0.15) is 136 Å². The van der Waals surface area contributed by atoms with Crippen LogP contribution >= 0.6 is 0 Å². The van der Waals surface area contributed by atoms with E-state index in [0.717, 1.165) is 18.8 Å². The highest BCUT2D eigenvalue weighted by molar-refractivity contribution is 5.69. The van der Waals surface area contributed by atoms with Crippen LogP contribution in [0.15, 0.2) is 0 Å². The molecule has 0 aromatic carbocycles. The zero-order valence-corrected chi connectivity index (χ0v) is 18.3. The van der Waals surface area contributed by atoms with Crippen molar-refractivity contribution in [3.05, 3.63) is 0 Å². The molecule has 0 heterocycles. The zero-order valence-electron chi connectivity index (χ0n) is 18.3. The summed E-state index contributed by atoms with van der Waals surface area (Å²) in [7, 11) is 0. The van der Waals surface area contributed by atoms with Crippen LogP contribution in [-0.4, -0.2) is 12.6 Å². The fourth-order valence-corrected chi connectivity index (χ4v) is 3.38. The van der Waals surface area contributed by atoms with Crippen LogP contribution < -0.4 is 0 Å². The van der Waals surface area contributed by atoms with E-state index in [1.54, 1.807) is 0 Å². The van der Waals surface area contributed by atoms with E-state index in [2.05, 4.69) is 20.8 Å². The van der Waals surface area contributed by atoms with Gasteiger partial charge in [0.1, 0.15) is 0 Å². The normalized spacial score (nSPS) is 11.2. The number of carbonyl (C=O) groups is 1. The quantitative estimate of drug-likeness (QED) is 0.160. The first-order chi connectivity index (χ1) is 12.7. The molecule has 0 aromatic rings. The summed E-state index contributed by atoms with van der Waals surface area (Å²) in [5, 5.41) is 0. The second-order valence-corrected chi connectivity index (χ2v) is 8.46. The minimum atomic E-state index is 0.00916. The molecule has 0 fully saturated rings. The van der Waals surface area contributed by atoms with Crippen LogP contribution in [0.3, 0.4) is 0 Å². The van der Waals surface area contributed by atoms with Crippen molar-refractivity contribution in [1.29, 1.82) is 0 Å². The lowest BCUT2D eigenvalue weighted by Gasteiger charge is -2.06. The second kappa shape index (κ2) is 20.8. The van der Waals surface area contributed by atoms with Crippen molar-refractivity contribution in [3.63, 3.8) is 0 Å². The van der Waals surface area contributed by atoms with Gasteiger partial charge in [0.2, 0.25) is 0 Å². The number of esters is 1. The predicted molar refractivity (Wildman–Crippen MR) is 115 cm³/mol. The van der Waals surface area contributed by atoms with Crippen molar-refractivity contribution >= 4 is 5.97 Å². The Morgan fingerprint density at radius 1 is 0.654 bits per heavy atom. The fraction of sp³-hybridized carbons (Fsp3) is 0.958. The average molecular weight is 369 g/mol. The molecular formula is C24H48O2. The Bertz CT molecular complexity index is 286. The summed E-state index contributed by atoms with van der Waals surface area (Å²) in [6.45, 7) is 7.48. The lowest BCUT2D eigenvalue weighted by Crippen LogP contribution is -2.05. The first-order valence-electron chi connectivity index (χ1n) is 11.8. The first-order valence-corrected chi connectivity index (χ1v) is 11.8. The molecule has 0 radical (unpaired) electrons. The summed E-state index contributed by atoms with van der Waals surface area (Å²) in [5.41, 5.74) is 0. The van der Waals surface area contributed by atoms with E-state index in [-0.39, 0.29) is 5.97 Å². The highest BCUT2D eigenvalue weighted by Gasteiger charge is 2.02. The second-order valence-electron chi connectivity index (χ2n) is 8.46. The smallest absolute Gasteiger partial charge is 0.305 e. The van der Waals surface area contributed by atoms with E-state index >= 15 is 0 Å². The number of hydrogen-bond acceptors (Lipinski definition) is 2. The molecule has 156 valence electrons. The summed E-state index contributed by atoms with van der Waals surface area (Å²) in [4.78, 5) is 11.6.